The summed E-state index contributed by atoms with van der Waals surface area (Å²) in [6.07, 6.45) is 2.32. The summed E-state index contributed by atoms with van der Waals surface area (Å²) in [7, 11) is 0. The summed E-state index contributed by atoms with van der Waals surface area (Å²) in [6, 6.07) is 7.07. The zero-order valence-electron chi connectivity index (χ0n) is 10.9. The number of thioether (sulfide) groups is 1. The van der Waals surface area contributed by atoms with Crippen LogP contribution in [0.15, 0.2) is 33.6 Å². The van der Waals surface area contributed by atoms with Crippen LogP contribution in [0.2, 0.25) is 0 Å². The quantitative estimate of drug-likeness (QED) is 0.841. The maximum Gasteiger partial charge on any atom is 0.326 e. The average Bonchev–Trinajstić information content (AvgIpc) is 2.46. The van der Waals surface area contributed by atoms with E-state index >= 15 is 0 Å². The van der Waals surface area contributed by atoms with Crippen LogP contribution >= 0.6 is 27.7 Å². The largest absolute Gasteiger partial charge is 0.480 e. The summed E-state index contributed by atoms with van der Waals surface area (Å²) in [4.78, 5) is 25.9. The van der Waals surface area contributed by atoms with E-state index in [0.717, 1.165) is 22.2 Å². The Bertz CT molecular complexity index is 492. The number of hydrogen-bond acceptors (Lipinski definition) is 3. The van der Waals surface area contributed by atoms with E-state index in [9.17, 15) is 9.59 Å². The highest BCUT2D eigenvalue weighted by Gasteiger charge is 2.31. The molecule has 0 saturated carbocycles. The Morgan fingerprint density at radius 3 is 2.65 bits per heavy atom. The monoisotopic (exact) mass is 357 g/mol. The molecule has 1 saturated heterocycles. The molecule has 1 amide bonds. The van der Waals surface area contributed by atoms with Crippen LogP contribution in [0, 0.1) is 0 Å². The predicted molar refractivity (Wildman–Crippen MR) is 81.9 cm³/mol. The Kier molecular flexibility index (Phi) is 5.48. The minimum Gasteiger partial charge on any atom is -0.480 e. The summed E-state index contributed by atoms with van der Waals surface area (Å²) in [5.74, 6) is -0.706. The lowest BCUT2D eigenvalue weighted by molar-refractivity contribution is -0.150. The fourth-order valence-electron chi connectivity index (χ4n) is 2.25. The van der Waals surface area contributed by atoms with E-state index < -0.39 is 12.0 Å². The number of nitrogens with zero attached hydrogens (tertiary/aromatic N) is 1. The highest BCUT2D eigenvalue weighted by molar-refractivity contribution is 9.10. The standard InChI is InChI=1S/C14H16BrNO3S/c15-10-4-6-11(7-5-10)20-9-13(17)16-8-2-1-3-12(16)14(18)19/h4-7,12H,1-3,8-9H2,(H,18,19). The molecule has 0 aliphatic carbocycles. The molecule has 1 aromatic carbocycles. The first kappa shape index (κ1) is 15.4. The van der Waals surface area contributed by atoms with Crippen LogP contribution in [-0.2, 0) is 9.59 Å². The van der Waals surface area contributed by atoms with Gasteiger partial charge in [0.1, 0.15) is 6.04 Å². The number of carboxylic acid groups (broad SMARTS) is 1. The van der Waals surface area contributed by atoms with Gasteiger partial charge in [-0.1, -0.05) is 15.9 Å². The van der Waals surface area contributed by atoms with Gasteiger partial charge in [0.25, 0.3) is 0 Å². The molecule has 0 radical (unpaired) electrons. The molecule has 108 valence electrons. The predicted octanol–water partition coefficient (Wildman–Crippen LogP) is 3.01. The Labute approximate surface area is 130 Å². The lowest BCUT2D eigenvalue weighted by Gasteiger charge is -2.32. The van der Waals surface area contributed by atoms with Crippen molar-refractivity contribution in [3.05, 3.63) is 28.7 Å². The molecule has 1 aliphatic heterocycles. The number of carbonyl (C=O) groups excluding carboxylic acids is 1. The molecule has 20 heavy (non-hydrogen) atoms. The van der Waals surface area contributed by atoms with E-state index in [4.69, 9.17) is 5.11 Å². The van der Waals surface area contributed by atoms with Gasteiger partial charge < -0.3 is 10.0 Å². The molecular weight excluding hydrogens is 342 g/mol. The van der Waals surface area contributed by atoms with Crippen molar-refractivity contribution in [1.82, 2.24) is 4.90 Å². The van der Waals surface area contributed by atoms with Crippen molar-refractivity contribution in [2.45, 2.75) is 30.2 Å². The van der Waals surface area contributed by atoms with Crippen LogP contribution in [0.4, 0.5) is 0 Å². The zero-order valence-corrected chi connectivity index (χ0v) is 13.3. The highest BCUT2D eigenvalue weighted by atomic mass is 79.9. The van der Waals surface area contributed by atoms with Crippen molar-refractivity contribution >= 4 is 39.6 Å². The van der Waals surface area contributed by atoms with Crippen molar-refractivity contribution < 1.29 is 14.7 Å². The van der Waals surface area contributed by atoms with Crippen molar-refractivity contribution in [3.8, 4) is 0 Å². The number of carbonyl (C=O) groups is 2. The van der Waals surface area contributed by atoms with Gasteiger partial charge in [0.15, 0.2) is 0 Å². The third kappa shape index (κ3) is 3.99. The molecule has 2 rings (SSSR count). The number of likely N-dealkylation sites (tertiary alicyclic amines) is 1. The SMILES string of the molecule is O=C(O)C1CCCCN1C(=O)CSc1ccc(Br)cc1. The normalized spacial score (nSPS) is 18.9. The Morgan fingerprint density at radius 2 is 2.00 bits per heavy atom. The first-order chi connectivity index (χ1) is 9.58. The van der Waals surface area contributed by atoms with Crippen molar-refractivity contribution in [2.75, 3.05) is 12.3 Å². The zero-order chi connectivity index (χ0) is 14.5. The van der Waals surface area contributed by atoms with Gasteiger partial charge in [-0.2, -0.15) is 0 Å². The second-order valence-corrected chi connectivity index (χ2v) is 6.64. The summed E-state index contributed by atoms with van der Waals surface area (Å²) in [6.45, 7) is 0.552. The third-order valence-corrected chi connectivity index (χ3v) is 4.81. The van der Waals surface area contributed by atoms with Crippen molar-refractivity contribution in [1.29, 1.82) is 0 Å². The maximum absolute atomic E-state index is 12.2. The molecule has 1 unspecified atom stereocenters. The molecular formula is C14H16BrNO3S. The Hall–Kier alpha value is -1.01. The number of hydrogen-bond donors (Lipinski definition) is 1. The van der Waals surface area contributed by atoms with Crippen LogP contribution < -0.4 is 0 Å². The third-order valence-electron chi connectivity index (χ3n) is 3.28. The number of rotatable bonds is 4. The van der Waals surface area contributed by atoms with Crippen LogP contribution in [0.1, 0.15) is 19.3 Å². The second kappa shape index (κ2) is 7.13. The molecule has 1 N–H and O–H groups in total. The van der Waals surface area contributed by atoms with Crippen LogP contribution in [0.25, 0.3) is 0 Å². The molecule has 1 fully saturated rings. The van der Waals surface area contributed by atoms with Gasteiger partial charge in [-0.05, 0) is 43.5 Å². The first-order valence-electron chi connectivity index (χ1n) is 6.48. The number of carboxylic acids is 1. The number of amides is 1. The van der Waals surface area contributed by atoms with Gasteiger partial charge in [0.2, 0.25) is 5.91 Å². The molecule has 0 aromatic heterocycles. The van der Waals surface area contributed by atoms with E-state index in [1.165, 1.54) is 16.7 Å². The van der Waals surface area contributed by atoms with Gasteiger partial charge >= 0.3 is 5.97 Å². The van der Waals surface area contributed by atoms with Gasteiger partial charge in [-0.25, -0.2) is 4.79 Å². The fourth-order valence-corrected chi connectivity index (χ4v) is 3.29. The van der Waals surface area contributed by atoms with Crippen LogP contribution in [0.5, 0.6) is 0 Å². The van der Waals surface area contributed by atoms with Gasteiger partial charge in [0.05, 0.1) is 5.75 Å². The van der Waals surface area contributed by atoms with E-state index in [1.54, 1.807) is 0 Å². The average molecular weight is 358 g/mol. The lowest BCUT2D eigenvalue weighted by atomic mass is 10.0. The van der Waals surface area contributed by atoms with Gasteiger partial charge in [-0.15, -0.1) is 11.8 Å². The van der Waals surface area contributed by atoms with Crippen LogP contribution in [0.3, 0.4) is 0 Å². The minimum atomic E-state index is -0.897. The number of aliphatic carboxylic acids is 1. The smallest absolute Gasteiger partial charge is 0.326 e. The molecule has 1 aliphatic rings. The van der Waals surface area contributed by atoms with Crippen molar-refractivity contribution in [3.63, 3.8) is 0 Å². The second-order valence-electron chi connectivity index (χ2n) is 4.68. The Balaban J connectivity index is 1.93. The van der Waals surface area contributed by atoms with E-state index in [2.05, 4.69) is 15.9 Å². The first-order valence-corrected chi connectivity index (χ1v) is 8.26. The van der Waals surface area contributed by atoms with Gasteiger partial charge in [-0.3, -0.25) is 4.79 Å². The Morgan fingerprint density at radius 1 is 1.30 bits per heavy atom. The topological polar surface area (TPSA) is 57.6 Å². The highest BCUT2D eigenvalue weighted by Crippen LogP contribution is 2.23. The molecule has 1 atom stereocenters. The molecule has 1 aromatic rings. The molecule has 0 bridgehead atoms. The maximum atomic E-state index is 12.2. The number of piperidine rings is 1. The van der Waals surface area contributed by atoms with E-state index in [-0.39, 0.29) is 11.7 Å². The molecule has 4 nitrogen and oxygen atoms in total. The number of benzene rings is 1. The summed E-state index contributed by atoms with van der Waals surface area (Å²) < 4.78 is 0.996. The van der Waals surface area contributed by atoms with E-state index in [1.807, 2.05) is 24.3 Å². The molecule has 6 heteroatoms. The van der Waals surface area contributed by atoms with Crippen molar-refractivity contribution in [2.24, 2.45) is 0 Å². The summed E-state index contributed by atoms with van der Waals surface area (Å²) in [5, 5.41) is 9.17. The fraction of sp³-hybridized carbons (Fsp3) is 0.429. The lowest BCUT2D eigenvalue weighted by Crippen LogP contribution is -2.48. The minimum absolute atomic E-state index is 0.0926. The summed E-state index contributed by atoms with van der Waals surface area (Å²) in [5.41, 5.74) is 0. The molecule has 1 heterocycles. The number of halogens is 1. The van der Waals surface area contributed by atoms with Crippen LogP contribution in [-0.4, -0.2) is 40.2 Å². The summed E-state index contributed by atoms with van der Waals surface area (Å²) >= 11 is 4.80. The van der Waals surface area contributed by atoms with Gasteiger partial charge in [0, 0.05) is 15.9 Å². The molecule has 0 spiro atoms. The van der Waals surface area contributed by atoms with E-state index in [0.29, 0.717) is 13.0 Å².